The number of ether oxygens (including phenoxy) is 1. The van der Waals surface area contributed by atoms with Gasteiger partial charge in [-0.2, -0.15) is 0 Å². The van der Waals surface area contributed by atoms with Crippen LogP contribution in [0.25, 0.3) is 22.6 Å². The number of aromatic nitrogens is 6. The van der Waals surface area contributed by atoms with Crippen LogP contribution in [-0.2, 0) is 7.05 Å². The van der Waals surface area contributed by atoms with E-state index in [2.05, 4.69) is 52.5 Å². The summed E-state index contributed by atoms with van der Waals surface area (Å²) in [6, 6.07) is 7.43. The maximum absolute atomic E-state index is 5.37. The van der Waals surface area contributed by atoms with Gasteiger partial charge in [0, 0.05) is 14.1 Å². The Morgan fingerprint density at radius 2 is 1.44 bits per heavy atom. The average molecular weight is 465 g/mol. The molecule has 0 aliphatic heterocycles. The molecule has 1 N–H and O–H groups in total. The number of aryl methyl sites for hydroxylation is 1. The first-order chi connectivity index (χ1) is 16.6. The Morgan fingerprint density at radius 3 is 1.91 bits per heavy atom. The Bertz CT molecular complexity index is 908. The van der Waals surface area contributed by atoms with Crippen molar-refractivity contribution in [1.82, 2.24) is 30.2 Å². The number of unbranched alkanes of at least 4 members (excludes halogenated alkanes) is 7. The Morgan fingerprint density at radius 1 is 0.824 bits per heavy atom. The number of hydrogen-bond donors (Lipinski definition) is 1. The third-order valence-electron chi connectivity index (χ3n) is 5.07. The smallest absolute Gasteiger partial charge is 0.223 e. The fourth-order valence-corrected chi connectivity index (χ4v) is 3.21. The van der Waals surface area contributed by atoms with Gasteiger partial charge in [-0.1, -0.05) is 77.3 Å². The lowest BCUT2D eigenvalue weighted by Crippen LogP contribution is -1.98. The Hall–Kier alpha value is -2.97. The third-order valence-corrected chi connectivity index (χ3v) is 5.07. The number of hydrogen-bond acceptors (Lipinski definition) is 7. The van der Waals surface area contributed by atoms with Crippen molar-refractivity contribution in [3.63, 3.8) is 0 Å². The van der Waals surface area contributed by atoms with E-state index < -0.39 is 0 Å². The molecule has 3 heterocycles. The lowest BCUT2D eigenvalue weighted by atomic mass is 10.1. The molecular formula is C25H40BN7O. The van der Waals surface area contributed by atoms with E-state index in [1.54, 1.807) is 25.0 Å². The van der Waals surface area contributed by atoms with Crippen molar-refractivity contribution in [2.75, 3.05) is 19.5 Å². The van der Waals surface area contributed by atoms with Crippen molar-refractivity contribution in [2.24, 2.45) is 7.05 Å². The summed E-state index contributed by atoms with van der Waals surface area (Å²) in [4.78, 5) is 4.48. The molecule has 0 aliphatic carbocycles. The van der Waals surface area contributed by atoms with Gasteiger partial charge in [-0.05, 0) is 24.3 Å². The van der Waals surface area contributed by atoms with Gasteiger partial charge in [-0.25, -0.2) is 4.98 Å². The van der Waals surface area contributed by atoms with E-state index in [0.717, 1.165) is 5.56 Å². The number of nitrogens with one attached hydrogen (secondary N) is 1. The third kappa shape index (κ3) is 9.89. The van der Waals surface area contributed by atoms with Crippen molar-refractivity contribution in [3.05, 3.63) is 30.5 Å². The van der Waals surface area contributed by atoms with Crippen molar-refractivity contribution in [2.45, 2.75) is 72.0 Å². The van der Waals surface area contributed by atoms with Gasteiger partial charge >= 0.3 is 0 Å². The molecule has 34 heavy (non-hydrogen) atoms. The molecule has 0 atom stereocenters. The maximum Gasteiger partial charge on any atom is 0.223 e. The van der Waals surface area contributed by atoms with Gasteiger partial charge in [0.05, 0.1) is 32.4 Å². The van der Waals surface area contributed by atoms with Gasteiger partial charge in [0.25, 0.3) is 0 Å². The molecule has 0 aliphatic rings. The molecule has 0 saturated heterocycles. The Kier molecular flexibility index (Phi) is 15.0. The molecule has 3 aromatic rings. The van der Waals surface area contributed by atoms with Crippen LogP contribution in [0.2, 0.25) is 6.82 Å². The van der Waals surface area contributed by atoms with Crippen molar-refractivity contribution >= 4 is 13.7 Å². The summed E-state index contributed by atoms with van der Waals surface area (Å²) in [5.41, 5.74) is 2.83. The predicted molar refractivity (Wildman–Crippen MR) is 141 cm³/mol. The molecule has 0 aromatic carbocycles. The normalized spacial score (nSPS) is 9.94. The van der Waals surface area contributed by atoms with Crippen LogP contribution in [0.1, 0.15) is 65.2 Å². The van der Waals surface area contributed by atoms with Crippen LogP contribution in [0.15, 0.2) is 30.5 Å². The van der Waals surface area contributed by atoms with E-state index in [4.69, 9.17) is 4.74 Å². The van der Waals surface area contributed by atoms with E-state index >= 15 is 0 Å². The zero-order chi connectivity index (χ0) is 25.2. The highest BCUT2D eigenvalue weighted by molar-refractivity contribution is 6.05. The van der Waals surface area contributed by atoms with Crippen LogP contribution in [0, 0.1) is 0 Å². The van der Waals surface area contributed by atoms with Crippen LogP contribution < -0.4 is 10.1 Å². The first-order valence-electron chi connectivity index (χ1n) is 12.1. The molecule has 3 aromatic heterocycles. The minimum Gasteiger partial charge on any atom is -0.480 e. The van der Waals surface area contributed by atoms with E-state index in [1.807, 2.05) is 31.3 Å². The zero-order valence-corrected chi connectivity index (χ0v) is 21.7. The second kappa shape index (κ2) is 17.5. The number of methoxy groups -OCH3 is 1. The molecule has 0 bridgehead atoms. The number of pyridine rings is 1. The molecule has 3 rings (SSSR count). The second-order valence-electron chi connectivity index (χ2n) is 7.71. The van der Waals surface area contributed by atoms with Crippen molar-refractivity contribution < 1.29 is 4.74 Å². The van der Waals surface area contributed by atoms with Crippen LogP contribution in [0.3, 0.4) is 0 Å². The van der Waals surface area contributed by atoms with Crippen LogP contribution in [0.4, 0.5) is 5.82 Å². The van der Waals surface area contributed by atoms with Crippen molar-refractivity contribution in [1.29, 1.82) is 0 Å². The van der Waals surface area contributed by atoms with Crippen LogP contribution in [-0.4, -0.2) is 52.2 Å². The Balaban J connectivity index is 0.000000409. The molecule has 0 fully saturated rings. The lowest BCUT2D eigenvalue weighted by Gasteiger charge is -2.07. The molecule has 184 valence electrons. The van der Waals surface area contributed by atoms with Crippen molar-refractivity contribution in [3.8, 4) is 28.5 Å². The lowest BCUT2D eigenvalue weighted by molar-refractivity contribution is 0.400. The highest BCUT2D eigenvalue weighted by Crippen LogP contribution is 2.29. The summed E-state index contributed by atoms with van der Waals surface area (Å²) in [6.45, 7) is 6.04. The first-order valence-corrected chi connectivity index (χ1v) is 12.1. The summed E-state index contributed by atoms with van der Waals surface area (Å²) in [5, 5.41) is 19.1. The number of anilines is 1. The predicted octanol–water partition coefficient (Wildman–Crippen LogP) is 5.73. The highest BCUT2D eigenvalue weighted by Gasteiger charge is 2.13. The summed E-state index contributed by atoms with van der Waals surface area (Å²) in [5.74, 6) is 1.17. The summed E-state index contributed by atoms with van der Waals surface area (Å²) >= 11 is 0. The molecule has 2 radical (unpaired) electrons. The molecule has 0 saturated carbocycles. The van der Waals surface area contributed by atoms with Gasteiger partial charge in [-0.15, -0.1) is 15.3 Å². The topological polar surface area (TPSA) is 90.6 Å². The molecule has 0 unspecified atom stereocenters. The quantitative estimate of drug-likeness (QED) is 0.285. The van der Waals surface area contributed by atoms with E-state index in [-0.39, 0.29) is 0 Å². The standard InChI is InChI=1S/C14H15N7O.C10H22.CH3B/c1-15-13-7-6-11(17-19-13)10-5-4-9(14(16-10)22-3)12-8-21(2)20-18-12;1-3-5-7-9-10-8-6-4-2;1-2/h4-8H,1-3H3,(H,15,19);3-10H2,1-2H3;1H3. The van der Waals surface area contributed by atoms with Gasteiger partial charge in [0.2, 0.25) is 5.88 Å². The van der Waals surface area contributed by atoms with E-state index in [9.17, 15) is 0 Å². The zero-order valence-electron chi connectivity index (χ0n) is 21.7. The summed E-state index contributed by atoms with van der Waals surface area (Å²) in [7, 11) is 9.67. The SMILES string of the molecule is CCCCCCCCCC.CNc1ccc(-c2ccc(-c3cn(C)nn3)c(OC)n2)nn1.[B]C. The van der Waals surface area contributed by atoms with Gasteiger partial charge < -0.3 is 10.1 Å². The summed E-state index contributed by atoms with van der Waals surface area (Å²) < 4.78 is 7.00. The molecule has 8 nitrogen and oxygen atoms in total. The largest absolute Gasteiger partial charge is 0.480 e. The number of rotatable bonds is 11. The Labute approximate surface area is 206 Å². The summed E-state index contributed by atoms with van der Waals surface area (Å²) in [6.07, 6.45) is 13.3. The minimum absolute atomic E-state index is 0.470. The van der Waals surface area contributed by atoms with Gasteiger partial charge in [0.1, 0.15) is 17.2 Å². The van der Waals surface area contributed by atoms with E-state index in [1.165, 1.54) is 58.2 Å². The molecule has 0 spiro atoms. The minimum atomic E-state index is 0.470. The average Bonchev–Trinajstić information content (AvgIpc) is 3.33. The monoisotopic (exact) mass is 465 g/mol. The highest BCUT2D eigenvalue weighted by atomic mass is 16.5. The second-order valence-corrected chi connectivity index (χ2v) is 7.71. The molecule has 0 amide bonds. The fourth-order valence-electron chi connectivity index (χ4n) is 3.21. The molecular weight excluding hydrogens is 425 g/mol. The van der Waals surface area contributed by atoms with Crippen LogP contribution >= 0.6 is 0 Å². The fraction of sp³-hybridized carbons (Fsp3) is 0.560. The van der Waals surface area contributed by atoms with Gasteiger partial charge in [-0.3, -0.25) is 4.68 Å². The van der Waals surface area contributed by atoms with Crippen LogP contribution in [0.5, 0.6) is 5.88 Å². The van der Waals surface area contributed by atoms with Gasteiger partial charge in [0.15, 0.2) is 0 Å². The maximum atomic E-state index is 5.37. The number of nitrogens with zero attached hydrogens (tertiary/aromatic N) is 6. The molecule has 9 heteroatoms. The first kappa shape index (κ1) is 29.1. The van der Waals surface area contributed by atoms with E-state index in [0.29, 0.717) is 28.8 Å².